The summed E-state index contributed by atoms with van der Waals surface area (Å²) in [6, 6.07) is 1.71. The molecule has 0 saturated carbocycles. The molecule has 0 spiro atoms. The number of rotatable bonds is 3. The van der Waals surface area contributed by atoms with Crippen LogP contribution in [-0.4, -0.2) is 25.4 Å². The zero-order valence-electron chi connectivity index (χ0n) is 7.49. The largest absolute Gasteiger partial charge is 0.466 e. The second-order valence-corrected chi connectivity index (χ2v) is 2.61. The fourth-order valence-corrected chi connectivity index (χ4v) is 0.983. The van der Waals surface area contributed by atoms with Gasteiger partial charge in [-0.1, -0.05) is 11.5 Å². The maximum Gasteiger partial charge on any atom is 0.310 e. The third kappa shape index (κ3) is 3.28. The highest BCUT2D eigenvalue weighted by Gasteiger charge is 2.03. The lowest BCUT2D eigenvalue weighted by atomic mass is 9.97. The third-order valence-electron chi connectivity index (χ3n) is 1.47. The van der Waals surface area contributed by atoms with Gasteiger partial charge in [0.05, 0.1) is 13.0 Å². The Morgan fingerprint density at radius 2 is 2.38 bits per heavy atom. The molecule has 0 fully saturated rings. The molecule has 0 aliphatic rings. The zero-order valence-corrected chi connectivity index (χ0v) is 7.49. The number of aromatic nitrogens is 1. The van der Waals surface area contributed by atoms with Crippen LogP contribution in [0.4, 0.5) is 0 Å². The van der Waals surface area contributed by atoms with Crippen molar-refractivity contribution >= 4 is 19.3 Å². The van der Waals surface area contributed by atoms with Gasteiger partial charge in [0.2, 0.25) is 0 Å². The van der Waals surface area contributed by atoms with Gasteiger partial charge in [0.15, 0.2) is 0 Å². The van der Waals surface area contributed by atoms with Crippen molar-refractivity contribution in [3.63, 3.8) is 0 Å². The molecule has 0 aliphatic carbocycles. The molecule has 66 valence electrons. The smallest absolute Gasteiger partial charge is 0.310 e. The lowest BCUT2D eigenvalue weighted by Gasteiger charge is -2.01. The van der Waals surface area contributed by atoms with Crippen molar-refractivity contribution in [3.8, 4) is 0 Å². The first-order valence-corrected chi connectivity index (χ1v) is 4.07. The minimum Gasteiger partial charge on any atom is -0.466 e. The van der Waals surface area contributed by atoms with Gasteiger partial charge in [-0.05, 0) is 12.5 Å². The molecule has 0 bridgehead atoms. The van der Waals surface area contributed by atoms with Gasteiger partial charge >= 0.3 is 5.97 Å². The molecule has 0 atom stereocenters. The first-order chi connectivity index (χ1) is 6.22. The Morgan fingerprint density at radius 1 is 1.62 bits per heavy atom. The van der Waals surface area contributed by atoms with E-state index in [4.69, 9.17) is 12.6 Å². The lowest BCUT2D eigenvalue weighted by molar-refractivity contribution is -0.142. The van der Waals surface area contributed by atoms with Gasteiger partial charge in [0.25, 0.3) is 0 Å². The Balaban J connectivity index is 2.58. The minimum atomic E-state index is -0.255. The molecule has 0 aromatic carbocycles. The SMILES string of the molecule is [B]c1cncc(CC(=O)OCC)c1. The normalized spacial score (nSPS) is 9.62. The van der Waals surface area contributed by atoms with Crippen LogP contribution < -0.4 is 5.46 Å². The molecule has 0 aliphatic heterocycles. The monoisotopic (exact) mass is 175 g/mol. The van der Waals surface area contributed by atoms with Crippen molar-refractivity contribution in [2.75, 3.05) is 6.61 Å². The molecule has 1 heterocycles. The summed E-state index contributed by atoms with van der Waals surface area (Å²) in [6.45, 7) is 2.17. The van der Waals surface area contributed by atoms with Crippen LogP contribution in [-0.2, 0) is 16.0 Å². The molecule has 3 nitrogen and oxygen atoms in total. The quantitative estimate of drug-likeness (QED) is 0.478. The van der Waals surface area contributed by atoms with E-state index in [9.17, 15) is 4.79 Å². The Hall–Kier alpha value is -1.32. The van der Waals surface area contributed by atoms with Gasteiger partial charge in [-0.15, -0.1) is 0 Å². The standard InChI is InChI=1S/C9H10BNO2/c1-2-13-9(12)4-7-3-8(10)6-11-5-7/h3,5-6H,2,4H2,1H3. The molecule has 0 unspecified atom stereocenters. The van der Waals surface area contributed by atoms with E-state index < -0.39 is 0 Å². The van der Waals surface area contributed by atoms with E-state index in [1.165, 1.54) is 6.20 Å². The van der Waals surface area contributed by atoms with Crippen molar-refractivity contribution in [3.05, 3.63) is 24.0 Å². The Morgan fingerprint density at radius 3 is 3.00 bits per heavy atom. The third-order valence-corrected chi connectivity index (χ3v) is 1.47. The summed E-state index contributed by atoms with van der Waals surface area (Å²) in [6.07, 6.45) is 3.37. The van der Waals surface area contributed by atoms with Gasteiger partial charge in [0, 0.05) is 12.4 Å². The van der Waals surface area contributed by atoms with Crippen LogP contribution in [0.15, 0.2) is 18.5 Å². The van der Waals surface area contributed by atoms with Crippen molar-refractivity contribution in [1.82, 2.24) is 4.98 Å². The van der Waals surface area contributed by atoms with Gasteiger partial charge in [-0.25, -0.2) is 0 Å². The predicted octanol–water partition coefficient (Wildman–Crippen LogP) is -0.0190. The van der Waals surface area contributed by atoms with E-state index in [2.05, 4.69) is 4.98 Å². The van der Waals surface area contributed by atoms with Gasteiger partial charge in [-0.2, -0.15) is 0 Å². The summed E-state index contributed by atoms with van der Waals surface area (Å²) in [7, 11) is 5.49. The minimum absolute atomic E-state index is 0.228. The number of hydrogen-bond acceptors (Lipinski definition) is 3. The highest BCUT2D eigenvalue weighted by atomic mass is 16.5. The van der Waals surface area contributed by atoms with Gasteiger partial charge in [-0.3, -0.25) is 9.78 Å². The number of carbonyl (C=O) groups excluding carboxylic acids is 1. The Labute approximate surface area is 78.5 Å². The van der Waals surface area contributed by atoms with E-state index in [0.29, 0.717) is 12.1 Å². The van der Waals surface area contributed by atoms with Gasteiger partial charge < -0.3 is 4.74 Å². The van der Waals surface area contributed by atoms with Crippen LogP contribution in [0.2, 0.25) is 0 Å². The van der Waals surface area contributed by atoms with Gasteiger partial charge in [0.1, 0.15) is 7.85 Å². The topological polar surface area (TPSA) is 39.2 Å². The molecule has 0 N–H and O–H groups in total. The van der Waals surface area contributed by atoms with E-state index in [0.717, 1.165) is 5.56 Å². The Bertz CT molecular complexity index is 301. The molecule has 1 aromatic heterocycles. The summed E-state index contributed by atoms with van der Waals surface area (Å²) < 4.78 is 4.78. The summed E-state index contributed by atoms with van der Waals surface area (Å²) in [5.74, 6) is -0.255. The number of pyridine rings is 1. The van der Waals surface area contributed by atoms with Crippen LogP contribution in [0.25, 0.3) is 0 Å². The van der Waals surface area contributed by atoms with Crippen molar-refractivity contribution < 1.29 is 9.53 Å². The van der Waals surface area contributed by atoms with E-state index >= 15 is 0 Å². The van der Waals surface area contributed by atoms with Crippen LogP contribution in [0.1, 0.15) is 12.5 Å². The molecule has 13 heavy (non-hydrogen) atoms. The highest BCUT2D eigenvalue weighted by molar-refractivity contribution is 6.32. The first-order valence-electron chi connectivity index (χ1n) is 4.07. The molecule has 1 aromatic rings. The molecule has 0 saturated heterocycles. The average Bonchev–Trinajstić information content (AvgIpc) is 2.04. The number of esters is 1. The highest BCUT2D eigenvalue weighted by Crippen LogP contribution is 1.96. The summed E-state index contributed by atoms with van der Waals surface area (Å²) in [4.78, 5) is 14.9. The van der Waals surface area contributed by atoms with Crippen LogP contribution in [0.3, 0.4) is 0 Å². The van der Waals surface area contributed by atoms with Crippen molar-refractivity contribution in [1.29, 1.82) is 0 Å². The Kier molecular flexibility index (Phi) is 3.49. The summed E-state index contributed by atoms with van der Waals surface area (Å²) >= 11 is 0. The summed E-state index contributed by atoms with van der Waals surface area (Å²) in [5.41, 5.74) is 1.33. The molecular weight excluding hydrogens is 165 g/mol. The number of hydrogen-bond donors (Lipinski definition) is 0. The maximum atomic E-state index is 11.0. The number of carbonyl (C=O) groups is 1. The number of ether oxygens (including phenoxy) is 1. The zero-order chi connectivity index (χ0) is 9.68. The molecule has 0 amide bonds. The van der Waals surface area contributed by atoms with Crippen LogP contribution >= 0.6 is 0 Å². The maximum absolute atomic E-state index is 11.0. The fraction of sp³-hybridized carbons (Fsp3) is 0.333. The average molecular weight is 175 g/mol. The van der Waals surface area contributed by atoms with E-state index in [1.54, 1.807) is 19.2 Å². The molecular formula is C9H10BNO2. The van der Waals surface area contributed by atoms with Crippen molar-refractivity contribution in [2.45, 2.75) is 13.3 Å². The molecule has 4 heteroatoms. The van der Waals surface area contributed by atoms with Crippen molar-refractivity contribution in [2.24, 2.45) is 0 Å². The van der Waals surface area contributed by atoms with E-state index in [-0.39, 0.29) is 12.4 Å². The van der Waals surface area contributed by atoms with Crippen LogP contribution in [0, 0.1) is 0 Å². The second-order valence-electron chi connectivity index (χ2n) is 2.61. The number of nitrogens with zero attached hydrogens (tertiary/aromatic N) is 1. The molecule has 1 rings (SSSR count). The van der Waals surface area contributed by atoms with Crippen LogP contribution in [0.5, 0.6) is 0 Å². The first kappa shape index (κ1) is 9.77. The lowest BCUT2D eigenvalue weighted by Crippen LogP contribution is -2.11. The van der Waals surface area contributed by atoms with E-state index in [1.807, 2.05) is 0 Å². The summed E-state index contributed by atoms with van der Waals surface area (Å²) in [5, 5.41) is 0. The predicted molar refractivity (Wildman–Crippen MR) is 50.0 cm³/mol. The fourth-order valence-electron chi connectivity index (χ4n) is 0.983. The second kappa shape index (κ2) is 4.65. The molecule has 2 radical (unpaired) electrons.